The van der Waals surface area contributed by atoms with Crippen LogP contribution < -0.4 is 22.0 Å². The largest absolute Gasteiger partial charge is 0.536 e. The normalized spacial score (nSPS) is 11.8. The summed E-state index contributed by atoms with van der Waals surface area (Å²) in [6.07, 6.45) is 0.974. The van der Waals surface area contributed by atoms with Gasteiger partial charge in [-0.2, -0.15) is 0 Å². The van der Waals surface area contributed by atoms with Gasteiger partial charge in [-0.05, 0) is 25.1 Å². The summed E-state index contributed by atoms with van der Waals surface area (Å²) in [5.41, 5.74) is 11.6. The van der Waals surface area contributed by atoms with Crippen molar-refractivity contribution in [2.75, 3.05) is 68.0 Å². The van der Waals surface area contributed by atoms with Gasteiger partial charge in [-0.1, -0.05) is 12.1 Å². The summed E-state index contributed by atoms with van der Waals surface area (Å²) in [7, 11) is 4.61. The molecule has 1 aromatic rings. The number of nitrogen functional groups attached to an aromatic ring is 1. The van der Waals surface area contributed by atoms with E-state index in [9.17, 15) is 0 Å². The molecule has 0 bridgehead atoms. The number of hydrogen-bond acceptors (Lipinski definition) is 9. The number of nitrogens with two attached hydrogens (primary N) is 2. The molecule has 0 amide bonds. The Labute approximate surface area is 171 Å². The summed E-state index contributed by atoms with van der Waals surface area (Å²) >= 11 is 0. The molecule has 1 rings (SSSR count). The molecule has 0 aliphatic rings. The summed E-state index contributed by atoms with van der Waals surface area (Å²) in [4.78, 5) is 0. The van der Waals surface area contributed by atoms with Gasteiger partial charge in [0.1, 0.15) is 0 Å². The first-order valence-corrected chi connectivity index (χ1v) is 12.7. The smallest absolute Gasteiger partial charge is 0.399 e. The van der Waals surface area contributed by atoms with Crippen LogP contribution in [0.3, 0.4) is 0 Å². The van der Waals surface area contributed by atoms with E-state index >= 15 is 0 Å². The van der Waals surface area contributed by atoms with Crippen LogP contribution in [0.15, 0.2) is 24.3 Å². The Bertz CT molecular complexity index is 486. The second kappa shape index (κ2) is 15.0. The first-order chi connectivity index (χ1) is 13.4. The van der Waals surface area contributed by atoms with E-state index in [0.717, 1.165) is 30.7 Å². The molecule has 0 saturated carbocycles. The molecule has 0 fully saturated rings. The molecule has 0 radical (unpaired) electrons. The molecule has 0 heterocycles. The first kappa shape index (κ1) is 27.1. The van der Waals surface area contributed by atoms with Crippen molar-refractivity contribution in [3.63, 3.8) is 0 Å². The highest BCUT2D eigenvalue weighted by Gasteiger charge is 2.40. The van der Waals surface area contributed by atoms with Gasteiger partial charge >= 0.3 is 17.6 Å². The lowest BCUT2D eigenvalue weighted by Crippen LogP contribution is -2.54. The molecule has 0 atom stereocenters. The van der Waals surface area contributed by atoms with Gasteiger partial charge in [0, 0.05) is 72.7 Å². The minimum Gasteiger partial charge on any atom is -0.399 e. The summed E-state index contributed by atoms with van der Waals surface area (Å²) in [5, 5.41) is 4.11. The van der Waals surface area contributed by atoms with Crippen molar-refractivity contribution in [1.82, 2.24) is 5.32 Å². The highest BCUT2D eigenvalue weighted by Crippen LogP contribution is 2.14. The van der Waals surface area contributed by atoms with Crippen LogP contribution in [0.2, 0.25) is 6.04 Å². The summed E-state index contributed by atoms with van der Waals surface area (Å²) in [5.74, 6) is 0. The van der Waals surface area contributed by atoms with E-state index in [2.05, 4.69) is 5.32 Å². The molecule has 5 N–H and O–H groups in total. The van der Waals surface area contributed by atoms with Gasteiger partial charge in [0.05, 0.1) is 0 Å². The molecule has 164 valence electrons. The minimum atomic E-state index is -2.67. The van der Waals surface area contributed by atoms with Crippen LogP contribution in [0, 0.1) is 0 Å². The van der Waals surface area contributed by atoms with Crippen LogP contribution in [0.5, 0.6) is 0 Å². The Balaban J connectivity index is 0.000000521. The third-order valence-electron chi connectivity index (χ3n) is 4.16. The Morgan fingerprint density at radius 1 is 0.786 bits per heavy atom. The fraction of sp³-hybridized carbons (Fsp3) is 0.647. The summed E-state index contributed by atoms with van der Waals surface area (Å²) < 4.78 is 31.8. The third-order valence-corrected chi connectivity index (χ3v) is 9.65. The molecule has 0 spiro atoms. The van der Waals surface area contributed by atoms with Crippen molar-refractivity contribution in [3.05, 3.63) is 24.3 Å². The van der Waals surface area contributed by atoms with Crippen LogP contribution in [-0.4, -0.2) is 79.9 Å². The molecule has 0 aliphatic heterocycles. The standard InChI is InChI=1S/C9H15NO3Si.C8H22N2O3Si/c1-11-14(12-2,13-3)9-6-4-8(10)5-7-9;1-11-14(12-2,13-3)8-4-6-10-7-5-9/h4-7H,10H2,1-3H3;10H,4-9H2,1-3H3. The molecular formula is C17H37N3O6Si2. The maximum atomic E-state index is 5.59. The maximum absolute atomic E-state index is 5.59. The Kier molecular flexibility index (Phi) is 14.6. The fourth-order valence-electron chi connectivity index (χ4n) is 2.50. The number of hydrogen-bond donors (Lipinski definition) is 3. The van der Waals surface area contributed by atoms with Gasteiger partial charge in [-0.3, -0.25) is 0 Å². The SMILES string of the molecule is CO[Si](CCCNCCN)(OC)OC.CO[Si](OC)(OC)c1ccc(N)cc1. The first-order valence-electron chi connectivity index (χ1n) is 9.00. The van der Waals surface area contributed by atoms with E-state index in [-0.39, 0.29) is 0 Å². The fourth-order valence-corrected chi connectivity index (χ4v) is 6.01. The molecule has 0 aromatic heterocycles. The average molecular weight is 436 g/mol. The summed E-state index contributed by atoms with van der Waals surface area (Å²) in [6, 6.07) is 8.15. The quantitative estimate of drug-likeness (QED) is 0.226. The van der Waals surface area contributed by atoms with Crippen molar-refractivity contribution in [2.24, 2.45) is 5.73 Å². The molecule has 0 unspecified atom stereocenters. The Morgan fingerprint density at radius 2 is 1.29 bits per heavy atom. The Hall–Kier alpha value is -0.866. The van der Waals surface area contributed by atoms with E-state index in [1.54, 1.807) is 54.8 Å². The predicted octanol–water partition coefficient (Wildman–Crippen LogP) is 0.157. The van der Waals surface area contributed by atoms with E-state index in [1.165, 1.54) is 0 Å². The lowest BCUT2D eigenvalue weighted by atomic mass is 10.3. The molecule has 11 heteroatoms. The van der Waals surface area contributed by atoms with Crippen molar-refractivity contribution < 1.29 is 26.6 Å². The van der Waals surface area contributed by atoms with E-state index in [1.807, 2.05) is 12.1 Å². The molecule has 28 heavy (non-hydrogen) atoms. The molecular weight excluding hydrogens is 398 g/mol. The van der Waals surface area contributed by atoms with Gasteiger partial charge in [0.25, 0.3) is 0 Å². The predicted molar refractivity (Wildman–Crippen MR) is 115 cm³/mol. The zero-order valence-corrected chi connectivity index (χ0v) is 19.9. The zero-order valence-electron chi connectivity index (χ0n) is 17.9. The highest BCUT2D eigenvalue weighted by atomic mass is 28.4. The summed E-state index contributed by atoms with van der Waals surface area (Å²) in [6.45, 7) is 2.44. The maximum Gasteiger partial charge on any atom is 0.536 e. The topological polar surface area (TPSA) is 119 Å². The Morgan fingerprint density at radius 3 is 1.68 bits per heavy atom. The van der Waals surface area contributed by atoms with E-state index in [4.69, 9.17) is 38.0 Å². The molecule has 0 saturated heterocycles. The van der Waals surface area contributed by atoms with E-state index in [0.29, 0.717) is 12.2 Å². The highest BCUT2D eigenvalue weighted by molar-refractivity contribution is 6.75. The van der Waals surface area contributed by atoms with Gasteiger partial charge in [-0.25, -0.2) is 0 Å². The van der Waals surface area contributed by atoms with Gasteiger partial charge < -0.3 is 43.3 Å². The van der Waals surface area contributed by atoms with Crippen LogP contribution in [0.25, 0.3) is 0 Å². The second-order valence-electron chi connectivity index (χ2n) is 5.73. The van der Waals surface area contributed by atoms with Crippen molar-refractivity contribution >= 4 is 28.5 Å². The average Bonchev–Trinajstić information content (AvgIpc) is 2.74. The zero-order chi connectivity index (χ0) is 21.5. The van der Waals surface area contributed by atoms with E-state index < -0.39 is 17.6 Å². The number of nitrogens with one attached hydrogen (secondary N) is 1. The number of rotatable bonds is 13. The molecule has 9 nitrogen and oxygen atoms in total. The second-order valence-corrected chi connectivity index (χ2v) is 11.7. The van der Waals surface area contributed by atoms with Gasteiger partial charge in [-0.15, -0.1) is 0 Å². The monoisotopic (exact) mass is 435 g/mol. The lowest BCUT2D eigenvalue weighted by Gasteiger charge is -2.24. The van der Waals surface area contributed by atoms with Crippen molar-refractivity contribution in [3.8, 4) is 0 Å². The van der Waals surface area contributed by atoms with Gasteiger partial charge in [0.2, 0.25) is 0 Å². The molecule has 0 aliphatic carbocycles. The van der Waals surface area contributed by atoms with Crippen LogP contribution >= 0.6 is 0 Å². The minimum absolute atomic E-state index is 0.668. The number of benzene rings is 1. The molecule has 1 aromatic carbocycles. The third kappa shape index (κ3) is 8.65. The van der Waals surface area contributed by atoms with Crippen LogP contribution in [0.1, 0.15) is 6.42 Å². The van der Waals surface area contributed by atoms with Crippen LogP contribution in [-0.2, 0) is 26.6 Å². The van der Waals surface area contributed by atoms with Gasteiger partial charge in [0.15, 0.2) is 0 Å². The number of anilines is 1. The van der Waals surface area contributed by atoms with Crippen LogP contribution in [0.4, 0.5) is 5.69 Å². The lowest BCUT2D eigenvalue weighted by molar-refractivity contribution is 0.123. The van der Waals surface area contributed by atoms with Crippen molar-refractivity contribution in [2.45, 2.75) is 12.5 Å². The van der Waals surface area contributed by atoms with Crippen molar-refractivity contribution in [1.29, 1.82) is 0 Å².